The van der Waals surface area contributed by atoms with Crippen LogP contribution in [0.4, 0.5) is 0 Å². The number of allylic oxidation sites excluding steroid dienone is 5. The van der Waals surface area contributed by atoms with Gasteiger partial charge in [0.2, 0.25) is 0 Å². The third-order valence-corrected chi connectivity index (χ3v) is 5.13. The van der Waals surface area contributed by atoms with Crippen LogP contribution in [0.5, 0.6) is 5.75 Å². The lowest BCUT2D eigenvalue weighted by molar-refractivity contribution is -0.142. The van der Waals surface area contributed by atoms with Crippen LogP contribution in [0.2, 0.25) is 0 Å². The van der Waals surface area contributed by atoms with E-state index < -0.39 is 29.6 Å². The molecule has 0 amide bonds. The van der Waals surface area contributed by atoms with Crippen LogP contribution in [0.3, 0.4) is 0 Å². The van der Waals surface area contributed by atoms with Crippen molar-refractivity contribution >= 4 is 11.9 Å². The van der Waals surface area contributed by atoms with Crippen molar-refractivity contribution in [2.45, 2.75) is 38.4 Å². The van der Waals surface area contributed by atoms with Gasteiger partial charge >= 0.3 is 11.9 Å². The van der Waals surface area contributed by atoms with Crippen molar-refractivity contribution < 1.29 is 38.7 Å². The Bertz CT molecular complexity index is 956. The summed E-state index contributed by atoms with van der Waals surface area (Å²) in [6.07, 6.45) is 5.57. The molecule has 2 atom stereocenters. The highest BCUT2D eigenvalue weighted by molar-refractivity contribution is 5.81. The molecule has 2 N–H and O–H groups in total. The van der Waals surface area contributed by atoms with Crippen molar-refractivity contribution in [3.8, 4) is 5.75 Å². The highest BCUT2D eigenvalue weighted by Crippen LogP contribution is 2.33. The molecule has 0 radical (unpaired) electrons. The molecule has 36 heavy (non-hydrogen) atoms. The lowest BCUT2D eigenvalue weighted by Gasteiger charge is -2.27. The summed E-state index contributed by atoms with van der Waals surface area (Å²) >= 11 is 0. The molecular formula is C28H36O8. The second-order valence-electron chi connectivity index (χ2n) is 8.35. The summed E-state index contributed by atoms with van der Waals surface area (Å²) in [5, 5.41) is 19.7. The maximum Gasteiger partial charge on any atom is 0.330 e. The van der Waals surface area contributed by atoms with E-state index >= 15 is 0 Å². The Labute approximate surface area is 212 Å². The van der Waals surface area contributed by atoms with Crippen molar-refractivity contribution in [1.82, 2.24) is 0 Å². The molecule has 0 saturated carbocycles. The van der Waals surface area contributed by atoms with Crippen molar-refractivity contribution in [3.63, 3.8) is 0 Å². The molecule has 1 aromatic carbocycles. The van der Waals surface area contributed by atoms with E-state index in [0.717, 1.165) is 23.3 Å². The van der Waals surface area contributed by atoms with Gasteiger partial charge in [-0.25, -0.2) is 9.59 Å². The first-order chi connectivity index (χ1) is 17.0. The summed E-state index contributed by atoms with van der Waals surface area (Å²) in [6, 6.07) is 7.44. The Morgan fingerprint density at radius 2 is 1.33 bits per heavy atom. The molecule has 1 rings (SSSR count). The van der Waals surface area contributed by atoms with Gasteiger partial charge in [0.05, 0.1) is 5.76 Å². The number of hydrogen-bond donors (Lipinski definition) is 2. The SMILES string of the molecule is C=CC(=O)OCC(O)CO/C(C)=C/C=C(\C=C)C(C)(C)c1ccc(OCC(O)COC(=O)C=C)cc1. The van der Waals surface area contributed by atoms with Gasteiger partial charge in [-0.3, -0.25) is 0 Å². The molecule has 0 heterocycles. The molecule has 0 fully saturated rings. The molecule has 8 heteroatoms. The van der Waals surface area contributed by atoms with Gasteiger partial charge in [-0.05, 0) is 36.3 Å². The molecule has 0 aliphatic carbocycles. The van der Waals surface area contributed by atoms with E-state index in [9.17, 15) is 19.8 Å². The van der Waals surface area contributed by atoms with Gasteiger partial charge in [-0.1, -0.05) is 57.9 Å². The molecule has 0 bridgehead atoms. The van der Waals surface area contributed by atoms with Crippen LogP contribution >= 0.6 is 0 Å². The first-order valence-electron chi connectivity index (χ1n) is 11.4. The largest absolute Gasteiger partial charge is 0.495 e. The Morgan fingerprint density at radius 1 is 0.833 bits per heavy atom. The van der Waals surface area contributed by atoms with Crippen molar-refractivity contribution in [3.05, 3.63) is 91.3 Å². The number of aliphatic hydroxyl groups is 2. The maximum atomic E-state index is 11.1. The minimum absolute atomic E-state index is 0.0274. The molecule has 0 aromatic heterocycles. The summed E-state index contributed by atoms with van der Waals surface area (Å²) in [5.41, 5.74) is 1.54. The minimum Gasteiger partial charge on any atom is -0.495 e. The van der Waals surface area contributed by atoms with E-state index in [-0.39, 0.29) is 26.4 Å². The van der Waals surface area contributed by atoms with Gasteiger partial charge in [0.1, 0.15) is 44.4 Å². The molecule has 0 aliphatic heterocycles. The molecule has 0 saturated heterocycles. The summed E-state index contributed by atoms with van der Waals surface area (Å²) in [7, 11) is 0. The normalized spacial score (nSPS) is 13.7. The second kappa shape index (κ2) is 15.4. The Morgan fingerprint density at radius 3 is 1.83 bits per heavy atom. The number of carbonyl (C=O) groups excluding carboxylic acids is 2. The third kappa shape index (κ3) is 10.8. The number of hydrogen-bond acceptors (Lipinski definition) is 8. The first-order valence-corrected chi connectivity index (χ1v) is 11.4. The zero-order chi connectivity index (χ0) is 27.1. The monoisotopic (exact) mass is 500 g/mol. The van der Waals surface area contributed by atoms with Crippen molar-refractivity contribution in [1.29, 1.82) is 0 Å². The summed E-state index contributed by atoms with van der Waals surface area (Å²) in [5.74, 6) is -0.0761. The van der Waals surface area contributed by atoms with Crippen LogP contribution in [0.25, 0.3) is 0 Å². The van der Waals surface area contributed by atoms with Crippen LogP contribution in [-0.4, -0.2) is 60.8 Å². The fourth-order valence-corrected chi connectivity index (χ4v) is 2.91. The third-order valence-electron chi connectivity index (χ3n) is 5.13. The molecular weight excluding hydrogens is 464 g/mol. The standard InChI is InChI=1S/C28H36O8/c1-7-21(11-10-20(4)33-16-23(29)18-35-26(31)8-2)28(5,6)22-12-14-25(15-13-22)34-17-24(30)19-36-27(32)9-3/h7-15,23-24,29-30H,1-3,16-19H2,4-6H3/b20-10+,21-11+. The van der Waals surface area contributed by atoms with Crippen LogP contribution < -0.4 is 4.74 Å². The fraction of sp³-hybridized carbons (Fsp3) is 0.357. The number of rotatable bonds is 16. The summed E-state index contributed by atoms with van der Waals surface area (Å²) in [6.45, 7) is 16.0. The molecule has 196 valence electrons. The average molecular weight is 501 g/mol. The molecule has 0 spiro atoms. The van der Waals surface area contributed by atoms with Crippen LogP contribution in [0.15, 0.2) is 85.7 Å². The Kier molecular flexibility index (Phi) is 13.0. The lowest BCUT2D eigenvalue weighted by Crippen LogP contribution is -2.24. The number of aliphatic hydroxyl groups excluding tert-OH is 2. The predicted octanol–water partition coefficient (Wildman–Crippen LogP) is 3.56. The smallest absolute Gasteiger partial charge is 0.330 e. The van der Waals surface area contributed by atoms with E-state index in [0.29, 0.717) is 11.5 Å². The highest BCUT2D eigenvalue weighted by Gasteiger charge is 2.23. The van der Waals surface area contributed by atoms with Crippen LogP contribution in [-0.2, 0) is 29.2 Å². The summed E-state index contributed by atoms with van der Waals surface area (Å²) < 4.78 is 20.7. The average Bonchev–Trinajstić information content (AvgIpc) is 2.88. The Hall–Kier alpha value is -3.62. The quantitative estimate of drug-likeness (QED) is 0.153. The van der Waals surface area contributed by atoms with E-state index in [2.05, 4.69) is 33.6 Å². The highest BCUT2D eigenvalue weighted by atomic mass is 16.6. The molecule has 1 aromatic rings. The lowest BCUT2D eigenvalue weighted by atomic mass is 9.77. The zero-order valence-corrected chi connectivity index (χ0v) is 21.1. The van der Waals surface area contributed by atoms with Crippen molar-refractivity contribution in [2.24, 2.45) is 0 Å². The Balaban J connectivity index is 2.72. The number of benzene rings is 1. The van der Waals surface area contributed by atoms with E-state index in [1.807, 2.05) is 18.2 Å². The molecule has 8 nitrogen and oxygen atoms in total. The van der Waals surface area contributed by atoms with Gasteiger partial charge in [-0.15, -0.1) is 0 Å². The topological polar surface area (TPSA) is 112 Å². The van der Waals surface area contributed by atoms with Gasteiger partial charge in [0.25, 0.3) is 0 Å². The van der Waals surface area contributed by atoms with Crippen molar-refractivity contribution in [2.75, 3.05) is 26.4 Å². The molecule has 0 aliphatic rings. The number of esters is 2. The number of carbonyl (C=O) groups is 2. The van der Waals surface area contributed by atoms with Gasteiger partial charge in [-0.2, -0.15) is 0 Å². The van der Waals surface area contributed by atoms with Crippen LogP contribution in [0.1, 0.15) is 26.3 Å². The fourth-order valence-electron chi connectivity index (χ4n) is 2.91. The van der Waals surface area contributed by atoms with Crippen LogP contribution in [0, 0.1) is 0 Å². The van der Waals surface area contributed by atoms with Gasteiger partial charge < -0.3 is 29.2 Å². The molecule has 2 unspecified atom stereocenters. The maximum absolute atomic E-state index is 11.1. The summed E-state index contributed by atoms with van der Waals surface area (Å²) in [4.78, 5) is 22.1. The van der Waals surface area contributed by atoms with Gasteiger partial charge in [0, 0.05) is 17.6 Å². The first kappa shape index (κ1) is 30.4. The van der Waals surface area contributed by atoms with E-state index in [1.54, 1.807) is 31.2 Å². The van der Waals surface area contributed by atoms with E-state index in [4.69, 9.17) is 18.9 Å². The predicted molar refractivity (Wildman–Crippen MR) is 137 cm³/mol. The second-order valence-corrected chi connectivity index (χ2v) is 8.35. The number of ether oxygens (including phenoxy) is 4. The van der Waals surface area contributed by atoms with Gasteiger partial charge in [0.15, 0.2) is 0 Å². The van der Waals surface area contributed by atoms with E-state index in [1.165, 1.54) is 0 Å². The minimum atomic E-state index is -0.958. The zero-order valence-electron chi connectivity index (χ0n) is 21.1.